The third kappa shape index (κ3) is 4.06. The zero-order chi connectivity index (χ0) is 21.2. The monoisotopic (exact) mass is 435 g/mol. The summed E-state index contributed by atoms with van der Waals surface area (Å²) in [5, 5.41) is 1.98. The topological polar surface area (TPSA) is 43.9 Å². The van der Waals surface area contributed by atoms with Crippen LogP contribution in [0.1, 0.15) is 42.5 Å². The largest absolute Gasteiger partial charge is 0.364 e. The van der Waals surface area contributed by atoms with E-state index in [4.69, 9.17) is 0 Å². The van der Waals surface area contributed by atoms with Crippen molar-refractivity contribution in [1.82, 2.24) is 14.7 Å². The van der Waals surface area contributed by atoms with E-state index in [0.717, 1.165) is 63.3 Å². The molecule has 1 aromatic heterocycles. The molecule has 0 radical (unpaired) electrons. The van der Waals surface area contributed by atoms with E-state index in [9.17, 15) is 9.59 Å². The highest BCUT2D eigenvalue weighted by atomic mass is 32.1. The average Bonchev–Trinajstić information content (AvgIpc) is 3.42. The smallest absolute Gasteiger partial charge is 0.278 e. The Morgan fingerprint density at radius 1 is 0.839 bits per heavy atom. The number of imide groups is 1. The molecule has 0 spiro atoms. The van der Waals surface area contributed by atoms with Crippen molar-refractivity contribution in [2.24, 2.45) is 0 Å². The van der Waals surface area contributed by atoms with Crippen molar-refractivity contribution in [3.05, 3.63) is 64.0 Å². The maximum Gasteiger partial charge on any atom is 0.278 e. The normalized spacial score (nSPS) is 21.4. The molecule has 0 atom stereocenters. The van der Waals surface area contributed by atoms with Gasteiger partial charge in [0.2, 0.25) is 0 Å². The second kappa shape index (κ2) is 8.97. The van der Waals surface area contributed by atoms with Crippen molar-refractivity contribution >= 4 is 28.7 Å². The van der Waals surface area contributed by atoms with Gasteiger partial charge in [-0.15, -0.1) is 11.3 Å². The van der Waals surface area contributed by atoms with Crippen LogP contribution in [0.2, 0.25) is 0 Å². The number of nitrogens with zero attached hydrogens (tertiary/aromatic N) is 3. The minimum Gasteiger partial charge on any atom is -0.364 e. The molecule has 2 aromatic rings. The molecule has 1 aliphatic carbocycles. The fourth-order valence-electron chi connectivity index (χ4n) is 5.11. The summed E-state index contributed by atoms with van der Waals surface area (Å²) in [6.07, 6.45) is 5.28. The maximum absolute atomic E-state index is 13.6. The zero-order valence-corrected chi connectivity index (χ0v) is 18.7. The maximum atomic E-state index is 13.6. The minimum absolute atomic E-state index is 0.0561. The van der Waals surface area contributed by atoms with Crippen molar-refractivity contribution < 1.29 is 9.59 Å². The van der Waals surface area contributed by atoms with Crippen LogP contribution in [0.15, 0.2) is 53.5 Å². The average molecular weight is 436 g/mol. The number of carbonyl (C=O) groups is 2. The first-order valence-corrected chi connectivity index (χ1v) is 12.3. The Hall–Kier alpha value is -2.44. The van der Waals surface area contributed by atoms with Crippen molar-refractivity contribution in [3.8, 4) is 0 Å². The van der Waals surface area contributed by atoms with E-state index in [0.29, 0.717) is 11.3 Å². The van der Waals surface area contributed by atoms with Crippen LogP contribution in [0, 0.1) is 0 Å². The Morgan fingerprint density at radius 3 is 2.26 bits per heavy atom. The molecule has 2 fully saturated rings. The highest BCUT2D eigenvalue weighted by Gasteiger charge is 2.45. The van der Waals surface area contributed by atoms with Gasteiger partial charge in [-0.1, -0.05) is 55.7 Å². The molecule has 31 heavy (non-hydrogen) atoms. The summed E-state index contributed by atoms with van der Waals surface area (Å²) in [5.74, 6) is -0.155. The van der Waals surface area contributed by atoms with Gasteiger partial charge in [-0.2, -0.15) is 0 Å². The summed E-state index contributed by atoms with van der Waals surface area (Å²) >= 11 is 1.55. The van der Waals surface area contributed by atoms with Gasteiger partial charge in [0.05, 0.1) is 5.57 Å². The predicted molar refractivity (Wildman–Crippen MR) is 123 cm³/mol. The number of piperazine rings is 1. The number of thiophene rings is 1. The van der Waals surface area contributed by atoms with E-state index >= 15 is 0 Å². The van der Waals surface area contributed by atoms with Gasteiger partial charge in [0.15, 0.2) is 0 Å². The lowest BCUT2D eigenvalue weighted by Crippen LogP contribution is -2.48. The van der Waals surface area contributed by atoms with E-state index in [1.54, 1.807) is 16.2 Å². The van der Waals surface area contributed by atoms with E-state index < -0.39 is 0 Å². The third-order valence-corrected chi connectivity index (χ3v) is 7.62. The summed E-state index contributed by atoms with van der Waals surface area (Å²) in [6.45, 7) is 4.25. The zero-order valence-electron chi connectivity index (χ0n) is 17.8. The molecule has 6 heteroatoms. The quantitative estimate of drug-likeness (QED) is 0.667. The van der Waals surface area contributed by atoms with Crippen LogP contribution in [-0.2, 0) is 16.1 Å². The summed E-state index contributed by atoms with van der Waals surface area (Å²) in [7, 11) is 0. The number of carbonyl (C=O) groups excluding carboxylic acids is 2. The van der Waals surface area contributed by atoms with Crippen LogP contribution in [-0.4, -0.2) is 58.7 Å². The van der Waals surface area contributed by atoms with E-state index in [1.807, 2.05) is 23.6 Å². The number of benzene rings is 1. The molecule has 1 saturated heterocycles. The standard InChI is InChI=1S/C25H29N3O2S/c29-24-22(21-12-7-17-31-21)23(25(30)28(24)20-10-5-2-6-11-20)27-15-13-26(14-16-27)18-19-8-3-1-4-9-19/h1,3-4,7-9,12,17,20H,2,5-6,10-11,13-16,18H2. The lowest BCUT2D eigenvalue weighted by molar-refractivity contribution is -0.141. The molecule has 3 aliphatic rings. The molecular weight excluding hydrogens is 406 g/mol. The van der Waals surface area contributed by atoms with Gasteiger partial charge in [-0.05, 0) is 29.9 Å². The van der Waals surface area contributed by atoms with Crippen LogP contribution in [0.3, 0.4) is 0 Å². The molecule has 0 N–H and O–H groups in total. The second-order valence-electron chi connectivity index (χ2n) is 8.72. The first-order chi connectivity index (χ1) is 15.2. The molecule has 5 rings (SSSR count). The van der Waals surface area contributed by atoms with E-state index in [1.165, 1.54) is 12.0 Å². The van der Waals surface area contributed by atoms with Crippen LogP contribution in [0.25, 0.3) is 5.57 Å². The first kappa shape index (κ1) is 20.5. The van der Waals surface area contributed by atoms with Crippen molar-refractivity contribution in [3.63, 3.8) is 0 Å². The van der Waals surface area contributed by atoms with Crippen LogP contribution >= 0.6 is 11.3 Å². The Labute approximate surface area is 187 Å². The second-order valence-corrected chi connectivity index (χ2v) is 9.67. The molecule has 0 bridgehead atoms. The van der Waals surface area contributed by atoms with Gasteiger partial charge in [0.25, 0.3) is 11.8 Å². The molecule has 0 unspecified atom stereocenters. The van der Waals surface area contributed by atoms with Crippen molar-refractivity contribution in [2.45, 2.75) is 44.7 Å². The Bertz CT molecular complexity index is 956. The van der Waals surface area contributed by atoms with Crippen LogP contribution in [0.5, 0.6) is 0 Å². The molecule has 5 nitrogen and oxygen atoms in total. The fraction of sp³-hybridized carbons (Fsp3) is 0.440. The van der Waals surface area contributed by atoms with Gasteiger partial charge >= 0.3 is 0 Å². The number of hydrogen-bond donors (Lipinski definition) is 0. The SMILES string of the molecule is O=C1C(c2cccs2)=C(N2CCN(Cc3ccccc3)CC2)C(=O)N1C1CCCCC1. The summed E-state index contributed by atoms with van der Waals surface area (Å²) in [6, 6.07) is 14.5. The first-order valence-electron chi connectivity index (χ1n) is 11.4. The third-order valence-electron chi connectivity index (χ3n) is 6.74. The Morgan fingerprint density at radius 2 is 1.58 bits per heavy atom. The number of rotatable bonds is 5. The van der Waals surface area contributed by atoms with Crippen LogP contribution in [0.4, 0.5) is 0 Å². The lowest BCUT2D eigenvalue weighted by Gasteiger charge is -2.37. The van der Waals surface area contributed by atoms with Gasteiger partial charge in [0, 0.05) is 43.6 Å². The Balaban J connectivity index is 1.36. The Kier molecular flexibility index (Phi) is 5.92. The molecule has 162 valence electrons. The van der Waals surface area contributed by atoms with Gasteiger partial charge in [-0.3, -0.25) is 19.4 Å². The van der Waals surface area contributed by atoms with Crippen molar-refractivity contribution in [1.29, 1.82) is 0 Å². The highest BCUT2D eigenvalue weighted by Crippen LogP contribution is 2.37. The highest BCUT2D eigenvalue weighted by molar-refractivity contribution is 7.11. The summed E-state index contributed by atoms with van der Waals surface area (Å²) < 4.78 is 0. The van der Waals surface area contributed by atoms with Gasteiger partial charge in [-0.25, -0.2) is 0 Å². The van der Waals surface area contributed by atoms with Crippen LogP contribution < -0.4 is 0 Å². The summed E-state index contributed by atoms with van der Waals surface area (Å²) in [4.78, 5) is 34.2. The number of hydrogen-bond acceptors (Lipinski definition) is 5. The fourth-order valence-corrected chi connectivity index (χ4v) is 5.88. The molecule has 2 aliphatic heterocycles. The molecule has 3 heterocycles. The van der Waals surface area contributed by atoms with E-state index in [2.05, 4.69) is 34.1 Å². The van der Waals surface area contributed by atoms with Gasteiger partial charge in [0.1, 0.15) is 5.70 Å². The molecule has 1 aromatic carbocycles. The van der Waals surface area contributed by atoms with Gasteiger partial charge < -0.3 is 4.90 Å². The molecule has 2 amide bonds. The number of amides is 2. The predicted octanol–water partition coefficient (Wildman–Crippen LogP) is 3.98. The lowest BCUT2D eigenvalue weighted by atomic mass is 9.94. The van der Waals surface area contributed by atoms with Crippen molar-refractivity contribution in [2.75, 3.05) is 26.2 Å². The summed E-state index contributed by atoms with van der Waals surface area (Å²) in [5.41, 5.74) is 2.57. The molecular formula is C25H29N3O2S. The minimum atomic E-state index is -0.0823. The van der Waals surface area contributed by atoms with E-state index in [-0.39, 0.29) is 17.9 Å². The molecule has 1 saturated carbocycles.